The number of aromatic nitrogens is 1. The van der Waals surface area contributed by atoms with E-state index in [-0.39, 0.29) is 11.1 Å². The van der Waals surface area contributed by atoms with Crippen molar-refractivity contribution < 1.29 is 23.7 Å². The fourth-order valence-electron chi connectivity index (χ4n) is 3.88. The lowest BCUT2D eigenvalue weighted by molar-refractivity contribution is -0.136. The zero-order valence-corrected chi connectivity index (χ0v) is 20.3. The first-order chi connectivity index (χ1) is 16.4. The van der Waals surface area contributed by atoms with Crippen molar-refractivity contribution in [2.24, 2.45) is 4.99 Å². The van der Waals surface area contributed by atoms with E-state index in [4.69, 9.17) is 18.9 Å². The Morgan fingerprint density at radius 2 is 1.71 bits per heavy atom. The molecule has 0 unspecified atom stereocenters. The van der Waals surface area contributed by atoms with Crippen LogP contribution in [0.2, 0.25) is 0 Å². The van der Waals surface area contributed by atoms with Gasteiger partial charge in [-0.1, -0.05) is 29.5 Å². The predicted octanol–water partition coefficient (Wildman–Crippen LogP) is 2.43. The molecule has 0 N–H and O–H groups in total. The average molecular weight is 481 g/mol. The summed E-state index contributed by atoms with van der Waals surface area (Å²) in [5, 5.41) is 0. The van der Waals surface area contributed by atoms with E-state index in [0.29, 0.717) is 32.1 Å². The molecule has 0 spiro atoms. The lowest BCUT2D eigenvalue weighted by Gasteiger charge is -2.25. The molecule has 176 valence electrons. The summed E-state index contributed by atoms with van der Waals surface area (Å²) < 4.78 is 23.1. The molecule has 0 amide bonds. The topological polar surface area (TPSA) is 88.4 Å². The molecule has 0 fully saturated rings. The molecule has 34 heavy (non-hydrogen) atoms. The molecule has 1 aliphatic rings. The number of hydrogen-bond donors (Lipinski definition) is 0. The second kappa shape index (κ2) is 9.56. The Morgan fingerprint density at radius 3 is 2.32 bits per heavy atom. The molecule has 2 aromatic carbocycles. The highest BCUT2D eigenvalue weighted by Gasteiger charge is 2.33. The summed E-state index contributed by atoms with van der Waals surface area (Å²) in [4.78, 5) is 31.4. The van der Waals surface area contributed by atoms with Gasteiger partial charge in [-0.05, 0) is 48.4 Å². The van der Waals surface area contributed by atoms with Crippen molar-refractivity contribution in [1.82, 2.24) is 4.57 Å². The SMILES string of the molecule is COC(=O)C1=C(C)N=c2s/c(=C/c3ccc(OC)cc3)c(=O)n2[C@H]1c1ccc(OC)c(OC)c1. The van der Waals surface area contributed by atoms with Crippen LogP contribution in [0.15, 0.2) is 63.5 Å². The first kappa shape index (κ1) is 23.3. The summed E-state index contributed by atoms with van der Waals surface area (Å²) >= 11 is 1.26. The minimum absolute atomic E-state index is 0.256. The van der Waals surface area contributed by atoms with E-state index in [0.717, 1.165) is 11.3 Å². The lowest BCUT2D eigenvalue weighted by Crippen LogP contribution is -2.39. The smallest absolute Gasteiger partial charge is 0.338 e. The molecule has 8 nitrogen and oxygen atoms in total. The number of rotatable bonds is 6. The largest absolute Gasteiger partial charge is 0.497 e. The number of ether oxygens (including phenoxy) is 4. The monoisotopic (exact) mass is 480 g/mol. The molecule has 0 radical (unpaired) electrons. The maximum Gasteiger partial charge on any atom is 0.338 e. The zero-order valence-electron chi connectivity index (χ0n) is 19.4. The van der Waals surface area contributed by atoms with Gasteiger partial charge in [0.05, 0.1) is 50.3 Å². The third-order valence-electron chi connectivity index (χ3n) is 5.56. The number of methoxy groups -OCH3 is 4. The summed E-state index contributed by atoms with van der Waals surface area (Å²) in [6.45, 7) is 1.74. The minimum Gasteiger partial charge on any atom is -0.497 e. The van der Waals surface area contributed by atoms with Crippen molar-refractivity contribution in [3.63, 3.8) is 0 Å². The van der Waals surface area contributed by atoms with Crippen molar-refractivity contribution in [2.45, 2.75) is 13.0 Å². The number of esters is 1. The Hall–Kier alpha value is -3.85. The average Bonchev–Trinajstić information content (AvgIpc) is 3.16. The van der Waals surface area contributed by atoms with E-state index in [9.17, 15) is 9.59 Å². The van der Waals surface area contributed by atoms with Crippen LogP contribution in [0.1, 0.15) is 24.1 Å². The molecular formula is C25H24N2O6S. The molecular weight excluding hydrogens is 456 g/mol. The van der Waals surface area contributed by atoms with Gasteiger partial charge in [-0.2, -0.15) is 0 Å². The number of nitrogens with zero attached hydrogens (tertiary/aromatic N) is 2. The van der Waals surface area contributed by atoms with E-state index in [1.165, 1.54) is 30.1 Å². The number of fused-ring (bicyclic) bond motifs is 1. The summed E-state index contributed by atoms with van der Waals surface area (Å²) in [7, 11) is 5.99. The Balaban J connectivity index is 1.95. The summed E-state index contributed by atoms with van der Waals surface area (Å²) in [6.07, 6.45) is 1.80. The van der Waals surface area contributed by atoms with E-state index in [1.807, 2.05) is 24.3 Å². The van der Waals surface area contributed by atoms with E-state index in [1.54, 1.807) is 45.4 Å². The molecule has 0 bridgehead atoms. The summed E-state index contributed by atoms with van der Waals surface area (Å²) in [5.74, 6) is 1.20. The zero-order chi connectivity index (χ0) is 24.4. The van der Waals surface area contributed by atoms with Gasteiger partial charge in [0.1, 0.15) is 5.75 Å². The number of carbonyl (C=O) groups excluding carboxylic acids is 1. The minimum atomic E-state index is -0.735. The lowest BCUT2D eigenvalue weighted by atomic mass is 9.95. The van der Waals surface area contributed by atoms with Crippen molar-refractivity contribution in [3.8, 4) is 17.2 Å². The fourth-order valence-corrected chi connectivity index (χ4v) is 4.93. The number of allylic oxidation sites excluding steroid dienone is 1. The highest BCUT2D eigenvalue weighted by atomic mass is 32.1. The normalized spacial score (nSPS) is 15.4. The number of thiazole rings is 1. The molecule has 1 aromatic heterocycles. The van der Waals surface area contributed by atoms with E-state index in [2.05, 4.69) is 4.99 Å². The molecule has 1 aliphatic heterocycles. The number of carbonyl (C=O) groups is 1. The van der Waals surface area contributed by atoms with Crippen LogP contribution in [0.25, 0.3) is 6.08 Å². The van der Waals surface area contributed by atoms with Crippen LogP contribution < -0.4 is 29.1 Å². The van der Waals surface area contributed by atoms with Gasteiger partial charge in [-0.25, -0.2) is 9.79 Å². The standard InChI is InChI=1S/C25H24N2O6S/c1-14-21(24(29)33-5)22(16-8-11-18(31-3)19(13-16)32-4)27-23(28)20(34-25(27)26-14)12-15-6-9-17(30-2)10-7-15/h6-13,22H,1-5H3/b20-12+/t22-/m0/s1. The Kier molecular flexibility index (Phi) is 6.56. The maximum absolute atomic E-state index is 13.6. The van der Waals surface area contributed by atoms with Gasteiger partial charge in [0.2, 0.25) is 0 Å². The van der Waals surface area contributed by atoms with Crippen LogP contribution in [0.3, 0.4) is 0 Å². The molecule has 4 rings (SSSR count). The molecule has 2 heterocycles. The Labute approximate surface area is 200 Å². The van der Waals surface area contributed by atoms with Crippen LogP contribution in [0, 0.1) is 0 Å². The van der Waals surface area contributed by atoms with Crippen molar-refractivity contribution in [1.29, 1.82) is 0 Å². The third-order valence-corrected chi connectivity index (χ3v) is 6.55. The van der Waals surface area contributed by atoms with Gasteiger partial charge in [-0.3, -0.25) is 9.36 Å². The summed E-state index contributed by atoms with van der Waals surface area (Å²) in [5.41, 5.74) is 2.04. The predicted molar refractivity (Wildman–Crippen MR) is 128 cm³/mol. The second-order valence-corrected chi connectivity index (χ2v) is 8.47. The van der Waals surface area contributed by atoms with Crippen LogP contribution in [-0.2, 0) is 9.53 Å². The number of benzene rings is 2. The molecule has 3 aromatic rings. The highest BCUT2D eigenvalue weighted by molar-refractivity contribution is 7.07. The first-order valence-electron chi connectivity index (χ1n) is 10.4. The van der Waals surface area contributed by atoms with Crippen LogP contribution in [0.5, 0.6) is 17.2 Å². The van der Waals surface area contributed by atoms with Crippen LogP contribution in [-0.4, -0.2) is 39.0 Å². The highest BCUT2D eigenvalue weighted by Crippen LogP contribution is 2.35. The Bertz CT molecular complexity index is 1450. The maximum atomic E-state index is 13.6. The van der Waals surface area contributed by atoms with Crippen molar-refractivity contribution in [2.75, 3.05) is 28.4 Å². The number of hydrogen-bond acceptors (Lipinski definition) is 8. The van der Waals surface area contributed by atoms with E-state index >= 15 is 0 Å². The van der Waals surface area contributed by atoms with Crippen molar-refractivity contribution in [3.05, 3.63) is 84.5 Å². The summed E-state index contributed by atoms with van der Waals surface area (Å²) in [6, 6.07) is 12.0. The van der Waals surface area contributed by atoms with Gasteiger partial charge in [0.25, 0.3) is 5.56 Å². The van der Waals surface area contributed by atoms with E-state index < -0.39 is 12.0 Å². The van der Waals surface area contributed by atoms with Gasteiger partial charge >= 0.3 is 5.97 Å². The fraction of sp³-hybridized carbons (Fsp3) is 0.240. The molecule has 0 saturated carbocycles. The van der Waals surface area contributed by atoms with Gasteiger partial charge in [-0.15, -0.1) is 0 Å². The molecule has 9 heteroatoms. The van der Waals surface area contributed by atoms with Crippen LogP contribution >= 0.6 is 11.3 Å². The van der Waals surface area contributed by atoms with Gasteiger partial charge in [0.15, 0.2) is 16.3 Å². The quantitative estimate of drug-likeness (QED) is 0.504. The molecule has 0 aliphatic carbocycles. The molecule has 1 atom stereocenters. The van der Waals surface area contributed by atoms with Crippen LogP contribution in [0.4, 0.5) is 0 Å². The van der Waals surface area contributed by atoms with Gasteiger partial charge < -0.3 is 18.9 Å². The first-order valence-corrected chi connectivity index (χ1v) is 11.2. The van der Waals surface area contributed by atoms with Gasteiger partial charge in [0, 0.05) is 0 Å². The van der Waals surface area contributed by atoms with Crippen molar-refractivity contribution >= 4 is 23.4 Å². The third kappa shape index (κ3) is 4.10. The Morgan fingerprint density at radius 1 is 1.00 bits per heavy atom. The molecule has 0 saturated heterocycles. The second-order valence-electron chi connectivity index (χ2n) is 7.46.